The van der Waals surface area contributed by atoms with E-state index >= 15 is 0 Å². The Morgan fingerprint density at radius 1 is 1.23 bits per heavy atom. The average Bonchev–Trinajstić information content (AvgIpc) is 2.50. The van der Waals surface area contributed by atoms with Crippen LogP contribution in [0, 0.1) is 13.8 Å². The molecule has 0 bridgehead atoms. The molecule has 2 N–H and O–H groups in total. The van der Waals surface area contributed by atoms with Crippen molar-refractivity contribution in [1.82, 2.24) is 0 Å². The molecule has 1 heterocycles. The Balaban J connectivity index is 1.89. The Morgan fingerprint density at radius 3 is 2.82 bits per heavy atom. The number of carbonyl (C=O) groups is 1. The fraction of sp³-hybridized carbons (Fsp3) is 0.176. The van der Waals surface area contributed by atoms with E-state index in [-0.39, 0.29) is 12.5 Å². The van der Waals surface area contributed by atoms with Gasteiger partial charge in [-0.1, -0.05) is 24.3 Å². The van der Waals surface area contributed by atoms with Gasteiger partial charge >= 0.3 is 0 Å². The average molecular weight is 311 g/mol. The second-order valence-electron chi connectivity index (χ2n) is 5.40. The van der Waals surface area contributed by atoms with Gasteiger partial charge in [0.25, 0.3) is 0 Å². The number of hydrogen-bond acceptors (Lipinski definition) is 2. The molecule has 0 saturated carbocycles. The van der Waals surface area contributed by atoms with Crippen molar-refractivity contribution < 1.29 is 4.79 Å². The maximum atomic E-state index is 11.9. The van der Waals surface area contributed by atoms with E-state index in [0.29, 0.717) is 5.11 Å². The van der Waals surface area contributed by atoms with Gasteiger partial charge in [0.15, 0.2) is 5.11 Å². The van der Waals surface area contributed by atoms with Gasteiger partial charge in [-0.15, -0.1) is 0 Å². The number of benzene rings is 2. The number of amides is 1. The van der Waals surface area contributed by atoms with Gasteiger partial charge in [0.1, 0.15) is 6.54 Å². The monoisotopic (exact) mass is 311 g/mol. The largest absolute Gasteiger partial charge is 0.332 e. The van der Waals surface area contributed by atoms with Crippen LogP contribution in [0.4, 0.5) is 17.1 Å². The number of nitrogens with zero attached hydrogens (tertiary/aromatic N) is 1. The molecule has 5 heteroatoms. The molecule has 0 aromatic heterocycles. The van der Waals surface area contributed by atoms with Crippen LogP contribution in [0.3, 0.4) is 0 Å². The van der Waals surface area contributed by atoms with Crippen LogP contribution >= 0.6 is 12.2 Å². The molecule has 1 amide bonds. The van der Waals surface area contributed by atoms with Crippen molar-refractivity contribution in [2.24, 2.45) is 0 Å². The summed E-state index contributed by atoms with van der Waals surface area (Å²) in [7, 11) is 0. The lowest BCUT2D eigenvalue weighted by atomic mass is 10.1. The molecule has 3 rings (SSSR count). The Hall–Kier alpha value is -2.40. The third-order valence-electron chi connectivity index (χ3n) is 3.65. The van der Waals surface area contributed by atoms with Crippen molar-refractivity contribution in [3.8, 4) is 0 Å². The van der Waals surface area contributed by atoms with Gasteiger partial charge in [-0.05, 0) is 55.4 Å². The lowest BCUT2D eigenvalue weighted by Gasteiger charge is -2.31. The summed E-state index contributed by atoms with van der Waals surface area (Å²) in [6, 6.07) is 13.8. The number of anilines is 3. The molecular formula is C17H17N3OS. The number of hydrogen-bond donors (Lipinski definition) is 2. The summed E-state index contributed by atoms with van der Waals surface area (Å²) >= 11 is 5.52. The lowest BCUT2D eigenvalue weighted by molar-refractivity contribution is -0.115. The number of rotatable bonds is 1. The molecule has 4 nitrogen and oxygen atoms in total. The normalized spacial score (nSPS) is 13.4. The van der Waals surface area contributed by atoms with Gasteiger partial charge in [-0.2, -0.15) is 0 Å². The lowest BCUT2D eigenvalue weighted by Crippen LogP contribution is -2.44. The summed E-state index contributed by atoms with van der Waals surface area (Å²) in [4.78, 5) is 13.7. The zero-order chi connectivity index (χ0) is 15.7. The Bertz CT molecular complexity index is 757. The first kappa shape index (κ1) is 14.5. The number of thiocarbonyl (C=S) groups is 1. The molecule has 112 valence electrons. The third-order valence-corrected chi connectivity index (χ3v) is 3.97. The summed E-state index contributed by atoms with van der Waals surface area (Å²) < 4.78 is 0. The standard InChI is InChI=1S/C17H17N3OS/c1-11-7-8-12(2)14(9-11)19-17(22)20-10-16(21)18-13-5-3-4-6-15(13)20/h3-9H,10H2,1-2H3,(H,18,21)(H,19,22). The molecule has 0 saturated heterocycles. The first-order chi connectivity index (χ1) is 10.5. The van der Waals surface area contributed by atoms with E-state index in [2.05, 4.69) is 28.8 Å². The minimum absolute atomic E-state index is 0.0659. The van der Waals surface area contributed by atoms with E-state index in [4.69, 9.17) is 12.2 Å². The second kappa shape index (κ2) is 5.77. The summed E-state index contributed by atoms with van der Waals surface area (Å²) in [5, 5.41) is 6.64. The molecule has 0 unspecified atom stereocenters. The van der Waals surface area contributed by atoms with E-state index in [1.165, 1.54) is 0 Å². The third kappa shape index (κ3) is 2.80. The highest BCUT2D eigenvalue weighted by Crippen LogP contribution is 2.29. The zero-order valence-electron chi connectivity index (χ0n) is 12.5. The van der Waals surface area contributed by atoms with E-state index < -0.39 is 0 Å². The Labute approximate surface area is 135 Å². The number of para-hydroxylation sites is 2. The minimum Gasteiger partial charge on any atom is -0.332 e. The van der Waals surface area contributed by atoms with Crippen LogP contribution in [0.5, 0.6) is 0 Å². The summed E-state index contributed by atoms with van der Waals surface area (Å²) in [6.07, 6.45) is 0. The van der Waals surface area contributed by atoms with Crippen molar-refractivity contribution >= 4 is 40.3 Å². The molecule has 0 spiro atoms. The van der Waals surface area contributed by atoms with E-state index in [9.17, 15) is 4.79 Å². The fourth-order valence-corrected chi connectivity index (χ4v) is 2.74. The van der Waals surface area contributed by atoms with Crippen molar-refractivity contribution in [3.05, 3.63) is 53.6 Å². The van der Waals surface area contributed by atoms with Gasteiger partial charge < -0.3 is 15.5 Å². The molecule has 0 radical (unpaired) electrons. The zero-order valence-corrected chi connectivity index (χ0v) is 13.3. The predicted molar refractivity (Wildman–Crippen MR) is 94.6 cm³/mol. The van der Waals surface area contributed by atoms with Gasteiger partial charge in [0, 0.05) is 5.69 Å². The Morgan fingerprint density at radius 2 is 2.00 bits per heavy atom. The highest BCUT2D eigenvalue weighted by molar-refractivity contribution is 7.80. The summed E-state index contributed by atoms with van der Waals surface area (Å²) in [5.74, 6) is -0.0659. The topological polar surface area (TPSA) is 44.4 Å². The van der Waals surface area contributed by atoms with Crippen LogP contribution in [0.15, 0.2) is 42.5 Å². The maximum Gasteiger partial charge on any atom is 0.244 e. The van der Waals surface area contributed by atoms with Crippen LogP contribution in [-0.4, -0.2) is 17.6 Å². The first-order valence-corrected chi connectivity index (χ1v) is 7.50. The van der Waals surface area contributed by atoms with Crippen molar-refractivity contribution in [2.75, 3.05) is 22.1 Å². The predicted octanol–water partition coefficient (Wildman–Crippen LogP) is 3.46. The molecule has 22 heavy (non-hydrogen) atoms. The maximum absolute atomic E-state index is 11.9. The van der Waals surface area contributed by atoms with Crippen LogP contribution in [0.25, 0.3) is 0 Å². The van der Waals surface area contributed by atoms with Crippen LogP contribution in [0.2, 0.25) is 0 Å². The van der Waals surface area contributed by atoms with Crippen molar-refractivity contribution in [2.45, 2.75) is 13.8 Å². The summed E-state index contributed by atoms with van der Waals surface area (Å²) in [5.41, 5.74) is 4.93. The molecule has 1 aliphatic heterocycles. The van der Waals surface area contributed by atoms with Crippen molar-refractivity contribution in [1.29, 1.82) is 0 Å². The van der Waals surface area contributed by atoms with Crippen LogP contribution < -0.4 is 15.5 Å². The fourth-order valence-electron chi connectivity index (χ4n) is 2.47. The van der Waals surface area contributed by atoms with Crippen molar-refractivity contribution in [3.63, 3.8) is 0 Å². The molecule has 1 aliphatic rings. The first-order valence-electron chi connectivity index (χ1n) is 7.09. The highest BCUT2D eigenvalue weighted by atomic mass is 32.1. The molecule has 2 aromatic carbocycles. The highest BCUT2D eigenvalue weighted by Gasteiger charge is 2.24. The van der Waals surface area contributed by atoms with Gasteiger partial charge in [-0.25, -0.2) is 0 Å². The van der Waals surface area contributed by atoms with E-state index in [1.54, 1.807) is 0 Å². The molecule has 0 aliphatic carbocycles. The molecule has 0 fully saturated rings. The molecule has 2 aromatic rings. The van der Waals surface area contributed by atoms with Gasteiger partial charge in [0.2, 0.25) is 5.91 Å². The minimum atomic E-state index is -0.0659. The van der Waals surface area contributed by atoms with Gasteiger partial charge in [0.05, 0.1) is 11.4 Å². The number of fused-ring (bicyclic) bond motifs is 1. The van der Waals surface area contributed by atoms with Crippen LogP contribution in [0.1, 0.15) is 11.1 Å². The molecule has 0 atom stereocenters. The summed E-state index contributed by atoms with van der Waals surface area (Å²) in [6.45, 7) is 4.28. The molecular weight excluding hydrogens is 294 g/mol. The smallest absolute Gasteiger partial charge is 0.244 e. The number of carbonyl (C=O) groups excluding carboxylic acids is 1. The second-order valence-corrected chi connectivity index (χ2v) is 5.79. The number of nitrogens with one attached hydrogen (secondary N) is 2. The van der Waals surface area contributed by atoms with Gasteiger partial charge in [-0.3, -0.25) is 4.79 Å². The van der Waals surface area contributed by atoms with E-state index in [1.807, 2.05) is 43.0 Å². The quantitative estimate of drug-likeness (QED) is 0.792. The van der Waals surface area contributed by atoms with Crippen LogP contribution in [-0.2, 0) is 4.79 Å². The number of aryl methyl sites for hydroxylation is 2. The Kier molecular flexibility index (Phi) is 3.81. The van der Waals surface area contributed by atoms with E-state index in [0.717, 1.165) is 28.2 Å². The SMILES string of the molecule is Cc1ccc(C)c(NC(=S)N2CC(=O)Nc3ccccc32)c1.